The first-order valence-corrected chi connectivity index (χ1v) is 5.71. The maximum absolute atomic E-state index is 11.6. The van der Waals surface area contributed by atoms with Crippen LogP contribution in [0.25, 0.3) is 0 Å². The van der Waals surface area contributed by atoms with E-state index in [4.69, 9.17) is 0 Å². The molecule has 1 heteroatoms. The Labute approximate surface area is 91.5 Å². The quantitative estimate of drug-likeness (QED) is 0.671. The Bertz CT molecular complexity index is 402. The maximum atomic E-state index is 11.6. The fraction of sp³-hybridized carbons (Fsp3) is 0.500. The molecule has 0 unspecified atom stereocenters. The Morgan fingerprint density at radius 3 is 2.80 bits per heavy atom. The Morgan fingerprint density at radius 1 is 1.40 bits per heavy atom. The van der Waals surface area contributed by atoms with Crippen molar-refractivity contribution in [3.05, 3.63) is 34.9 Å². The molecule has 0 heterocycles. The topological polar surface area (TPSA) is 17.1 Å². The molecular formula is C14H18O. The molecule has 0 saturated carbocycles. The van der Waals surface area contributed by atoms with Crippen molar-refractivity contribution in [2.75, 3.05) is 0 Å². The first-order valence-electron chi connectivity index (χ1n) is 5.71. The number of ketones is 1. The molecule has 0 bridgehead atoms. The van der Waals surface area contributed by atoms with E-state index < -0.39 is 0 Å². The van der Waals surface area contributed by atoms with Crippen LogP contribution in [-0.2, 0) is 11.8 Å². The maximum Gasteiger partial charge on any atom is 0.162 e. The lowest BCUT2D eigenvalue weighted by Gasteiger charge is -2.19. The number of carbonyl (C=O) groups excluding carboxylic acids is 1. The average molecular weight is 202 g/mol. The highest BCUT2D eigenvalue weighted by Crippen LogP contribution is 2.38. The lowest BCUT2D eigenvalue weighted by Crippen LogP contribution is -2.12. The molecule has 2 rings (SSSR count). The van der Waals surface area contributed by atoms with E-state index in [9.17, 15) is 4.79 Å². The van der Waals surface area contributed by atoms with Gasteiger partial charge in [-0.1, -0.05) is 32.9 Å². The van der Waals surface area contributed by atoms with E-state index >= 15 is 0 Å². The van der Waals surface area contributed by atoms with Crippen molar-refractivity contribution < 1.29 is 4.79 Å². The van der Waals surface area contributed by atoms with E-state index in [1.165, 1.54) is 17.5 Å². The largest absolute Gasteiger partial charge is 0.294 e. The van der Waals surface area contributed by atoms with Gasteiger partial charge in [0.15, 0.2) is 5.78 Å². The first kappa shape index (κ1) is 10.4. The van der Waals surface area contributed by atoms with Crippen LogP contribution in [0, 0.1) is 0 Å². The second-order valence-electron chi connectivity index (χ2n) is 5.03. The van der Waals surface area contributed by atoms with Crippen LogP contribution in [0.5, 0.6) is 0 Å². The van der Waals surface area contributed by atoms with Crippen molar-refractivity contribution in [3.63, 3.8) is 0 Å². The number of carbonyl (C=O) groups is 1. The lowest BCUT2D eigenvalue weighted by atomic mass is 9.85. The molecule has 1 nitrogen and oxygen atoms in total. The van der Waals surface area contributed by atoms with Crippen LogP contribution in [0.4, 0.5) is 0 Å². The van der Waals surface area contributed by atoms with Crippen LogP contribution in [-0.4, -0.2) is 5.78 Å². The number of Topliss-reactive ketones (excluding diaryl/α,β-unsaturated/α-hetero) is 1. The normalized spacial score (nSPS) is 17.5. The summed E-state index contributed by atoms with van der Waals surface area (Å²) in [6.45, 7) is 6.44. The highest BCUT2D eigenvalue weighted by atomic mass is 16.1. The highest BCUT2D eigenvalue weighted by molar-refractivity contribution is 5.96. The number of benzene rings is 1. The monoisotopic (exact) mass is 202 g/mol. The molecule has 0 saturated heterocycles. The molecule has 0 aromatic heterocycles. The first-order chi connectivity index (χ1) is 7.04. The summed E-state index contributed by atoms with van der Waals surface area (Å²) in [6.07, 6.45) is 2.95. The summed E-state index contributed by atoms with van der Waals surface area (Å²) in [6, 6.07) is 6.22. The SMILES string of the molecule is CCC(=O)c1ccc2c(c1)C(C)(C)CC2. The zero-order valence-electron chi connectivity index (χ0n) is 9.76. The van der Waals surface area contributed by atoms with Gasteiger partial charge in [0.25, 0.3) is 0 Å². The fourth-order valence-electron chi connectivity index (χ4n) is 2.38. The van der Waals surface area contributed by atoms with Crippen LogP contribution < -0.4 is 0 Å². The van der Waals surface area contributed by atoms with Crippen molar-refractivity contribution in [1.82, 2.24) is 0 Å². The predicted octanol–water partition coefficient (Wildman–Crippen LogP) is 3.50. The lowest BCUT2D eigenvalue weighted by molar-refractivity contribution is 0.0988. The van der Waals surface area contributed by atoms with Gasteiger partial charge in [0, 0.05) is 12.0 Å². The van der Waals surface area contributed by atoms with Gasteiger partial charge < -0.3 is 0 Å². The van der Waals surface area contributed by atoms with Gasteiger partial charge in [-0.2, -0.15) is 0 Å². The number of rotatable bonds is 2. The highest BCUT2D eigenvalue weighted by Gasteiger charge is 2.29. The standard InChI is InChI=1S/C14H18O/c1-4-13(15)11-6-5-10-7-8-14(2,3)12(10)9-11/h5-6,9H,4,7-8H2,1-3H3. The zero-order valence-corrected chi connectivity index (χ0v) is 9.76. The molecule has 1 aliphatic rings. The van der Waals surface area contributed by atoms with E-state index in [2.05, 4.69) is 26.0 Å². The van der Waals surface area contributed by atoms with Gasteiger partial charge in [0.2, 0.25) is 0 Å². The second-order valence-corrected chi connectivity index (χ2v) is 5.03. The van der Waals surface area contributed by atoms with Crippen LogP contribution in [0.3, 0.4) is 0 Å². The third kappa shape index (κ3) is 1.71. The molecule has 80 valence electrons. The Morgan fingerprint density at radius 2 is 2.13 bits per heavy atom. The van der Waals surface area contributed by atoms with E-state index in [1.54, 1.807) is 0 Å². The van der Waals surface area contributed by atoms with Crippen LogP contribution in [0.1, 0.15) is 55.1 Å². The zero-order chi connectivity index (χ0) is 11.1. The summed E-state index contributed by atoms with van der Waals surface area (Å²) in [5, 5.41) is 0. The molecule has 15 heavy (non-hydrogen) atoms. The minimum Gasteiger partial charge on any atom is -0.294 e. The van der Waals surface area contributed by atoms with Crippen molar-refractivity contribution in [2.24, 2.45) is 0 Å². The van der Waals surface area contributed by atoms with Crippen molar-refractivity contribution in [3.8, 4) is 0 Å². The molecule has 0 radical (unpaired) electrons. The molecular weight excluding hydrogens is 184 g/mol. The fourth-order valence-corrected chi connectivity index (χ4v) is 2.38. The molecule has 0 aliphatic heterocycles. The second kappa shape index (κ2) is 3.48. The van der Waals surface area contributed by atoms with Crippen LogP contribution >= 0.6 is 0 Å². The van der Waals surface area contributed by atoms with E-state index in [-0.39, 0.29) is 11.2 Å². The van der Waals surface area contributed by atoms with Gasteiger partial charge in [-0.3, -0.25) is 4.79 Å². The summed E-state index contributed by atoms with van der Waals surface area (Å²) in [5.41, 5.74) is 3.93. The summed E-state index contributed by atoms with van der Waals surface area (Å²) >= 11 is 0. The molecule has 0 spiro atoms. The minimum absolute atomic E-state index is 0.249. The average Bonchev–Trinajstić information content (AvgIpc) is 2.53. The van der Waals surface area contributed by atoms with Gasteiger partial charge in [0.1, 0.15) is 0 Å². The van der Waals surface area contributed by atoms with E-state index in [1.807, 2.05) is 13.0 Å². The van der Waals surface area contributed by atoms with E-state index in [0.29, 0.717) is 6.42 Å². The number of fused-ring (bicyclic) bond motifs is 1. The smallest absolute Gasteiger partial charge is 0.162 e. The summed E-state index contributed by atoms with van der Waals surface area (Å²) in [5.74, 6) is 0.250. The van der Waals surface area contributed by atoms with Gasteiger partial charge in [-0.25, -0.2) is 0 Å². The summed E-state index contributed by atoms with van der Waals surface area (Å²) < 4.78 is 0. The van der Waals surface area contributed by atoms with Crippen molar-refractivity contribution in [2.45, 2.75) is 45.4 Å². The van der Waals surface area contributed by atoms with Gasteiger partial charge in [-0.05, 0) is 35.4 Å². The summed E-state index contributed by atoms with van der Waals surface area (Å²) in [7, 11) is 0. The molecule has 0 atom stereocenters. The molecule has 1 aromatic rings. The number of aryl methyl sites for hydroxylation is 1. The third-order valence-electron chi connectivity index (χ3n) is 3.50. The Balaban J connectivity index is 2.46. The van der Waals surface area contributed by atoms with Gasteiger partial charge in [-0.15, -0.1) is 0 Å². The van der Waals surface area contributed by atoms with E-state index in [0.717, 1.165) is 12.0 Å². The predicted molar refractivity (Wildman–Crippen MR) is 62.4 cm³/mol. The molecule has 0 amide bonds. The van der Waals surface area contributed by atoms with Crippen molar-refractivity contribution in [1.29, 1.82) is 0 Å². The van der Waals surface area contributed by atoms with Crippen LogP contribution in [0.15, 0.2) is 18.2 Å². The third-order valence-corrected chi connectivity index (χ3v) is 3.50. The van der Waals surface area contributed by atoms with Crippen molar-refractivity contribution >= 4 is 5.78 Å². The van der Waals surface area contributed by atoms with Gasteiger partial charge in [0.05, 0.1) is 0 Å². The minimum atomic E-state index is 0.249. The van der Waals surface area contributed by atoms with Crippen LogP contribution in [0.2, 0.25) is 0 Å². The Hall–Kier alpha value is -1.11. The Kier molecular flexibility index (Phi) is 2.41. The number of hydrogen-bond donors (Lipinski definition) is 0. The molecule has 1 aliphatic carbocycles. The molecule has 1 aromatic carbocycles. The number of hydrogen-bond acceptors (Lipinski definition) is 1. The molecule has 0 fully saturated rings. The molecule has 0 N–H and O–H groups in total. The van der Waals surface area contributed by atoms with Gasteiger partial charge >= 0.3 is 0 Å². The summed E-state index contributed by atoms with van der Waals surface area (Å²) in [4.78, 5) is 11.6.